The molecule has 31 heavy (non-hydrogen) atoms. The van der Waals surface area contributed by atoms with Crippen LogP contribution in [0.5, 0.6) is 5.75 Å². The standard InChI is InChI=1S/C20H24N4O6S/c1-30-16-9-10-17(18(13-16)24(26)27)22-20(25)21-14-15-7-3-4-8-19(15)31(28,29)23-11-5-2-6-12-23/h3-4,7-10,13H,2,5-6,11-12,14H2,1H3,(H2,21,22,25). The number of carbonyl (C=O) groups excluding carboxylic acids is 1. The first-order valence-corrected chi connectivity index (χ1v) is 11.2. The quantitative estimate of drug-likeness (QED) is 0.494. The molecule has 1 fully saturated rings. The predicted molar refractivity (Wildman–Crippen MR) is 115 cm³/mol. The van der Waals surface area contributed by atoms with Crippen LogP contribution in [0.4, 0.5) is 16.2 Å². The number of amides is 2. The Morgan fingerprint density at radius 1 is 1.16 bits per heavy atom. The van der Waals surface area contributed by atoms with Crippen LogP contribution in [-0.2, 0) is 16.6 Å². The van der Waals surface area contributed by atoms with Gasteiger partial charge in [-0.05, 0) is 36.6 Å². The number of nitrogens with zero attached hydrogens (tertiary/aromatic N) is 2. The number of rotatable bonds is 7. The highest BCUT2D eigenvalue weighted by molar-refractivity contribution is 7.89. The summed E-state index contributed by atoms with van der Waals surface area (Å²) in [6.07, 6.45) is 2.65. The zero-order chi connectivity index (χ0) is 22.4. The van der Waals surface area contributed by atoms with Gasteiger partial charge in [0, 0.05) is 19.6 Å². The van der Waals surface area contributed by atoms with E-state index in [9.17, 15) is 23.3 Å². The minimum atomic E-state index is -3.67. The van der Waals surface area contributed by atoms with Gasteiger partial charge in [-0.3, -0.25) is 10.1 Å². The lowest BCUT2D eigenvalue weighted by Crippen LogP contribution is -2.36. The molecule has 0 atom stereocenters. The second kappa shape index (κ2) is 9.75. The lowest BCUT2D eigenvalue weighted by molar-refractivity contribution is -0.384. The molecule has 0 saturated carbocycles. The van der Waals surface area contributed by atoms with Crippen molar-refractivity contribution >= 4 is 27.4 Å². The Morgan fingerprint density at radius 2 is 1.87 bits per heavy atom. The summed E-state index contributed by atoms with van der Waals surface area (Å²) in [7, 11) is -2.28. The van der Waals surface area contributed by atoms with E-state index < -0.39 is 21.0 Å². The number of urea groups is 1. The summed E-state index contributed by atoms with van der Waals surface area (Å²) in [5.74, 6) is 0.287. The fourth-order valence-corrected chi connectivity index (χ4v) is 5.12. The SMILES string of the molecule is COc1ccc(NC(=O)NCc2ccccc2S(=O)(=O)N2CCCCC2)c([N+](=O)[O-])c1. The molecular weight excluding hydrogens is 424 g/mol. The first-order chi connectivity index (χ1) is 14.8. The molecule has 2 N–H and O–H groups in total. The summed E-state index contributed by atoms with van der Waals surface area (Å²) in [5, 5.41) is 16.3. The third-order valence-corrected chi connectivity index (χ3v) is 6.99. The van der Waals surface area contributed by atoms with E-state index >= 15 is 0 Å². The van der Waals surface area contributed by atoms with Gasteiger partial charge in [0.1, 0.15) is 11.4 Å². The van der Waals surface area contributed by atoms with Gasteiger partial charge in [0.2, 0.25) is 10.0 Å². The molecule has 1 heterocycles. The Bertz CT molecular complexity index is 1070. The van der Waals surface area contributed by atoms with Gasteiger partial charge in [0.05, 0.1) is 23.0 Å². The number of nitro groups is 1. The summed E-state index contributed by atoms with van der Waals surface area (Å²) < 4.78 is 32.5. The molecule has 166 valence electrons. The highest BCUT2D eigenvalue weighted by Crippen LogP contribution is 2.29. The van der Waals surface area contributed by atoms with Gasteiger partial charge in [0.25, 0.3) is 5.69 Å². The Kier molecular flexibility index (Phi) is 7.08. The van der Waals surface area contributed by atoms with E-state index in [-0.39, 0.29) is 28.6 Å². The number of ether oxygens (including phenoxy) is 1. The number of piperidine rings is 1. The van der Waals surface area contributed by atoms with Crippen molar-refractivity contribution < 1.29 is 22.9 Å². The first-order valence-electron chi connectivity index (χ1n) is 9.78. The average Bonchev–Trinajstić information content (AvgIpc) is 2.78. The molecule has 11 heteroatoms. The van der Waals surface area contributed by atoms with Crippen LogP contribution < -0.4 is 15.4 Å². The lowest BCUT2D eigenvalue weighted by atomic mass is 10.2. The molecule has 1 saturated heterocycles. The number of nitro benzene ring substituents is 1. The van der Waals surface area contributed by atoms with Gasteiger partial charge in [-0.15, -0.1) is 0 Å². The number of nitrogens with one attached hydrogen (secondary N) is 2. The molecule has 0 aliphatic carbocycles. The summed E-state index contributed by atoms with van der Waals surface area (Å²) in [4.78, 5) is 23.1. The van der Waals surface area contributed by atoms with E-state index in [1.165, 1.54) is 35.7 Å². The number of hydrogen-bond donors (Lipinski definition) is 2. The number of sulfonamides is 1. The van der Waals surface area contributed by atoms with Gasteiger partial charge >= 0.3 is 6.03 Å². The lowest BCUT2D eigenvalue weighted by Gasteiger charge is -2.26. The van der Waals surface area contributed by atoms with Gasteiger partial charge in [0.15, 0.2) is 0 Å². The van der Waals surface area contributed by atoms with E-state index in [0.717, 1.165) is 19.3 Å². The highest BCUT2D eigenvalue weighted by atomic mass is 32.2. The smallest absolute Gasteiger partial charge is 0.319 e. The summed E-state index contributed by atoms with van der Waals surface area (Å²) in [5.41, 5.74) is 0.118. The van der Waals surface area contributed by atoms with Crippen molar-refractivity contribution in [2.75, 3.05) is 25.5 Å². The molecular formula is C20H24N4O6S. The molecule has 2 amide bonds. The van der Waals surface area contributed by atoms with Crippen LogP contribution in [-0.4, -0.2) is 43.9 Å². The number of hydrogen-bond acceptors (Lipinski definition) is 6. The molecule has 0 unspecified atom stereocenters. The van der Waals surface area contributed by atoms with E-state index in [4.69, 9.17) is 4.74 Å². The third kappa shape index (κ3) is 5.30. The summed E-state index contributed by atoms with van der Waals surface area (Å²) >= 11 is 0. The molecule has 0 spiro atoms. The monoisotopic (exact) mass is 448 g/mol. The zero-order valence-corrected chi connectivity index (χ0v) is 17.9. The molecule has 0 aromatic heterocycles. The molecule has 10 nitrogen and oxygen atoms in total. The van der Waals surface area contributed by atoms with Gasteiger partial charge in [-0.25, -0.2) is 13.2 Å². The Labute approximate surface area is 180 Å². The maximum atomic E-state index is 13.0. The van der Waals surface area contributed by atoms with Gasteiger partial charge in [-0.2, -0.15) is 4.31 Å². The molecule has 0 bridgehead atoms. The molecule has 2 aromatic rings. The normalized spacial score (nSPS) is 14.6. The summed E-state index contributed by atoms with van der Waals surface area (Å²) in [6.45, 7) is 0.899. The van der Waals surface area contributed by atoms with Crippen LogP contribution in [0.15, 0.2) is 47.4 Å². The van der Waals surface area contributed by atoms with Crippen molar-refractivity contribution in [3.8, 4) is 5.75 Å². The topological polar surface area (TPSA) is 131 Å². The van der Waals surface area contributed by atoms with E-state index in [0.29, 0.717) is 18.7 Å². The Balaban J connectivity index is 1.73. The molecule has 1 aliphatic rings. The molecule has 0 radical (unpaired) electrons. The van der Waals surface area contributed by atoms with Crippen molar-refractivity contribution in [2.24, 2.45) is 0 Å². The number of methoxy groups -OCH3 is 1. The minimum Gasteiger partial charge on any atom is -0.496 e. The van der Waals surface area contributed by atoms with Crippen molar-refractivity contribution in [2.45, 2.75) is 30.7 Å². The van der Waals surface area contributed by atoms with Gasteiger partial charge < -0.3 is 15.4 Å². The fraction of sp³-hybridized carbons (Fsp3) is 0.350. The maximum absolute atomic E-state index is 13.0. The second-order valence-electron chi connectivity index (χ2n) is 7.02. The Hall–Kier alpha value is -3.18. The van der Waals surface area contributed by atoms with Crippen LogP contribution in [0, 0.1) is 10.1 Å². The van der Waals surface area contributed by atoms with Gasteiger partial charge in [-0.1, -0.05) is 24.6 Å². The van der Waals surface area contributed by atoms with Crippen LogP contribution in [0.25, 0.3) is 0 Å². The minimum absolute atomic E-state index is 0.00229. The van der Waals surface area contributed by atoms with Crippen LogP contribution in [0.1, 0.15) is 24.8 Å². The summed E-state index contributed by atoms with van der Waals surface area (Å²) in [6, 6.07) is 9.85. The van der Waals surface area contributed by atoms with E-state index in [2.05, 4.69) is 10.6 Å². The fourth-order valence-electron chi connectivity index (χ4n) is 3.38. The van der Waals surface area contributed by atoms with Crippen molar-refractivity contribution in [1.82, 2.24) is 9.62 Å². The zero-order valence-electron chi connectivity index (χ0n) is 17.0. The van der Waals surface area contributed by atoms with Crippen LogP contribution in [0.2, 0.25) is 0 Å². The van der Waals surface area contributed by atoms with Crippen molar-refractivity contribution in [1.29, 1.82) is 0 Å². The Morgan fingerprint density at radius 3 is 2.55 bits per heavy atom. The molecule has 1 aliphatic heterocycles. The maximum Gasteiger partial charge on any atom is 0.319 e. The molecule has 3 rings (SSSR count). The predicted octanol–water partition coefficient (Wildman–Crippen LogP) is 3.10. The largest absolute Gasteiger partial charge is 0.496 e. The second-order valence-corrected chi connectivity index (χ2v) is 8.93. The number of anilines is 1. The third-order valence-electron chi connectivity index (χ3n) is 4.99. The molecule has 2 aromatic carbocycles. The average molecular weight is 449 g/mol. The highest BCUT2D eigenvalue weighted by Gasteiger charge is 2.28. The first kappa shape index (κ1) is 22.5. The number of carbonyl (C=O) groups is 1. The van der Waals surface area contributed by atoms with E-state index in [1.807, 2.05) is 0 Å². The van der Waals surface area contributed by atoms with Crippen molar-refractivity contribution in [3.63, 3.8) is 0 Å². The van der Waals surface area contributed by atoms with Crippen LogP contribution >= 0.6 is 0 Å². The van der Waals surface area contributed by atoms with Crippen LogP contribution in [0.3, 0.4) is 0 Å². The number of benzene rings is 2. The van der Waals surface area contributed by atoms with Crippen molar-refractivity contribution in [3.05, 3.63) is 58.1 Å². The van der Waals surface area contributed by atoms with E-state index in [1.54, 1.807) is 18.2 Å².